The lowest BCUT2D eigenvalue weighted by molar-refractivity contribution is -0.384. The zero-order valence-electron chi connectivity index (χ0n) is 13.4. The zero-order chi connectivity index (χ0) is 17.5. The van der Waals surface area contributed by atoms with E-state index in [2.05, 4.69) is 10.5 Å². The van der Waals surface area contributed by atoms with Gasteiger partial charge < -0.3 is 4.74 Å². The number of ether oxygens (including phenoxy) is 1. The number of hydrazone groups is 1. The zero-order valence-corrected chi connectivity index (χ0v) is 13.4. The van der Waals surface area contributed by atoms with Crippen molar-refractivity contribution in [2.45, 2.75) is 13.3 Å². The molecule has 0 saturated carbocycles. The molecule has 24 heavy (non-hydrogen) atoms. The number of benzene rings is 2. The first-order valence-electron chi connectivity index (χ1n) is 7.21. The summed E-state index contributed by atoms with van der Waals surface area (Å²) in [6, 6.07) is 13.1. The van der Waals surface area contributed by atoms with Crippen molar-refractivity contribution in [1.82, 2.24) is 0 Å². The molecular weight excluding hydrogens is 310 g/mol. The average Bonchev–Trinajstić information content (AvgIpc) is 2.60. The van der Waals surface area contributed by atoms with Crippen molar-refractivity contribution in [3.63, 3.8) is 0 Å². The molecule has 0 saturated heterocycles. The largest absolute Gasteiger partial charge is 0.465 e. The number of non-ortho nitro benzene ring substituents is 1. The van der Waals surface area contributed by atoms with Crippen molar-refractivity contribution >= 4 is 23.1 Å². The van der Waals surface area contributed by atoms with Gasteiger partial charge in [0.25, 0.3) is 5.69 Å². The van der Waals surface area contributed by atoms with Gasteiger partial charge in [0.1, 0.15) is 0 Å². The predicted molar refractivity (Wildman–Crippen MR) is 91.3 cm³/mol. The van der Waals surface area contributed by atoms with Gasteiger partial charge in [-0.3, -0.25) is 15.5 Å². The minimum atomic E-state index is -0.456. The Kier molecular flexibility index (Phi) is 5.62. The molecule has 7 nitrogen and oxygen atoms in total. The highest BCUT2D eigenvalue weighted by atomic mass is 16.6. The topological polar surface area (TPSA) is 93.8 Å². The number of nitrogens with zero attached hydrogens (tertiary/aromatic N) is 2. The summed E-state index contributed by atoms with van der Waals surface area (Å²) < 4.78 is 4.77. The maximum Gasteiger partial charge on any atom is 0.338 e. The smallest absolute Gasteiger partial charge is 0.338 e. The Bertz CT molecular complexity index is 770. The number of hydrogen-bond acceptors (Lipinski definition) is 6. The number of esters is 1. The molecule has 7 heteroatoms. The Hall–Kier alpha value is -3.22. The van der Waals surface area contributed by atoms with Gasteiger partial charge in [-0.25, -0.2) is 4.79 Å². The van der Waals surface area contributed by atoms with Crippen LogP contribution in [0.1, 0.15) is 22.8 Å². The molecule has 0 fully saturated rings. The molecule has 0 heterocycles. The fraction of sp³-hybridized carbons (Fsp3) is 0.176. The first-order valence-corrected chi connectivity index (χ1v) is 7.21. The van der Waals surface area contributed by atoms with Gasteiger partial charge in [0.2, 0.25) is 0 Å². The summed E-state index contributed by atoms with van der Waals surface area (Å²) in [6.07, 6.45) is 0.477. The van der Waals surface area contributed by atoms with E-state index < -0.39 is 4.92 Å². The number of carbonyl (C=O) groups excluding carboxylic acids is 1. The number of methoxy groups -OCH3 is 1. The quantitative estimate of drug-likeness (QED) is 0.380. The highest BCUT2D eigenvalue weighted by Crippen LogP contribution is 2.16. The predicted octanol–water partition coefficient (Wildman–Crippen LogP) is 3.41. The van der Waals surface area contributed by atoms with Crippen molar-refractivity contribution in [3.05, 3.63) is 69.8 Å². The van der Waals surface area contributed by atoms with Crippen LogP contribution in [-0.4, -0.2) is 23.7 Å². The minimum absolute atomic E-state index is 0.0215. The van der Waals surface area contributed by atoms with Crippen molar-refractivity contribution in [3.8, 4) is 0 Å². The fourth-order valence-electron chi connectivity index (χ4n) is 2.12. The lowest BCUT2D eigenvalue weighted by Gasteiger charge is -2.08. The summed E-state index contributed by atoms with van der Waals surface area (Å²) in [6.45, 7) is 1.83. The Labute approximate surface area is 139 Å². The van der Waals surface area contributed by atoms with Crippen LogP contribution in [0.3, 0.4) is 0 Å². The van der Waals surface area contributed by atoms with E-state index in [4.69, 9.17) is 4.74 Å². The molecule has 0 atom stereocenters. The van der Waals surface area contributed by atoms with Gasteiger partial charge in [-0.05, 0) is 30.7 Å². The van der Waals surface area contributed by atoms with E-state index in [1.165, 1.54) is 19.2 Å². The van der Waals surface area contributed by atoms with E-state index in [9.17, 15) is 14.9 Å². The van der Waals surface area contributed by atoms with Crippen molar-refractivity contribution in [1.29, 1.82) is 0 Å². The number of nitro benzene ring substituents is 1. The minimum Gasteiger partial charge on any atom is -0.465 e. The second-order valence-electron chi connectivity index (χ2n) is 5.09. The first kappa shape index (κ1) is 17.1. The monoisotopic (exact) mass is 327 g/mol. The van der Waals surface area contributed by atoms with E-state index in [1.807, 2.05) is 19.1 Å². The molecule has 0 bridgehead atoms. The van der Waals surface area contributed by atoms with Crippen LogP contribution < -0.4 is 5.43 Å². The number of nitro groups is 1. The van der Waals surface area contributed by atoms with Gasteiger partial charge in [-0.2, -0.15) is 5.10 Å². The van der Waals surface area contributed by atoms with Crippen LogP contribution in [0, 0.1) is 10.1 Å². The molecule has 0 unspecified atom stereocenters. The Morgan fingerprint density at radius 3 is 2.50 bits per heavy atom. The van der Waals surface area contributed by atoms with Crippen LogP contribution in [0.25, 0.3) is 0 Å². The van der Waals surface area contributed by atoms with E-state index in [0.717, 1.165) is 11.3 Å². The number of rotatable bonds is 6. The summed E-state index contributed by atoms with van der Waals surface area (Å²) in [7, 11) is 1.34. The van der Waals surface area contributed by atoms with Crippen molar-refractivity contribution in [2.24, 2.45) is 5.10 Å². The van der Waals surface area contributed by atoms with Crippen LogP contribution >= 0.6 is 0 Å². The van der Waals surface area contributed by atoms with Crippen LogP contribution in [0.5, 0.6) is 0 Å². The normalized spacial score (nSPS) is 11.0. The van der Waals surface area contributed by atoms with Crippen LogP contribution in [-0.2, 0) is 11.2 Å². The number of nitrogens with one attached hydrogen (secondary N) is 1. The third-order valence-electron chi connectivity index (χ3n) is 3.32. The van der Waals surface area contributed by atoms with Crippen molar-refractivity contribution < 1.29 is 14.5 Å². The second kappa shape index (κ2) is 7.87. The molecule has 1 N–H and O–H groups in total. The van der Waals surface area contributed by atoms with Crippen molar-refractivity contribution in [2.75, 3.05) is 12.5 Å². The molecule has 0 aliphatic carbocycles. The molecule has 0 aliphatic rings. The third-order valence-corrected chi connectivity index (χ3v) is 3.32. The molecule has 2 aromatic rings. The number of carbonyl (C=O) groups is 1. The maximum atomic E-state index is 11.7. The van der Waals surface area contributed by atoms with Gasteiger partial charge in [0.15, 0.2) is 0 Å². The van der Waals surface area contributed by atoms with Crippen LogP contribution in [0.4, 0.5) is 11.4 Å². The summed E-state index contributed by atoms with van der Waals surface area (Å²) in [4.78, 5) is 21.9. The molecule has 2 aromatic carbocycles. The summed E-state index contributed by atoms with van der Waals surface area (Å²) >= 11 is 0. The SMILES string of the molecule is COC(=O)c1ccccc1C/C(C)=N/Nc1ccc([N+](=O)[O-])cc1. The van der Waals surface area contributed by atoms with Gasteiger partial charge in [0, 0.05) is 24.3 Å². The second-order valence-corrected chi connectivity index (χ2v) is 5.09. The highest BCUT2D eigenvalue weighted by molar-refractivity contribution is 5.94. The average molecular weight is 327 g/mol. The maximum absolute atomic E-state index is 11.7. The summed E-state index contributed by atoms with van der Waals surface area (Å²) in [5.41, 5.74) is 5.58. The molecule has 124 valence electrons. The number of anilines is 1. The van der Waals surface area contributed by atoms with Crippen LogP contribution in [0.2, 0.25) is 0 Å². The molecule has 0 aliphatic heterocycles. The molecular formula is C17H17N3O4. The standard InChI is InChI=1S/C17H17N3O4/c1-12(11-13-5-3-4-6-16(13)17(21)24-2)18-19-14-7-9-15(10-8-14)20(22)23/h3-10,19H,11H2,1-2H3/b18-12+. The van der Waals surface area contributed by atoms with Gasteiger partial charge in [0.05, 0.1) is 23.3 Å². The van der Waals surface area contributed by atoms with E-state index in [0.29, 0.717) is 17.7 Å². The Morgan fingerprint density at radius 2 is 1.88 bits per heavy atom. The van der Waals surface area contributed by atoms with Gasteiger partial charge in [-0.15, -0.1) is 0 Å². The highest BCUT2D eigenvalue weighted by Gasteiger charge is 2.11. The Morgan fingerprint density at radius 1 is 1.21 bits per heavy atom. The van der Waals surface area contributed by atoms with Gasteiger partial charge >= 0.3 is 5.97 Å². The van der Waals surface area contributed by atoms with E-state index in [-0.39, 0.29) is 11.7 Å². The lowest BCUT2D eigenvalue weighted by Crippen LogP contribution is -2.09. The van der Waals surface area contributed by atoms with Crippen LogP contribution in [0.15, 0.2) is 53.6 Å². The molecule has 2 rings (SSSR count). The summed E-state index contributed by atoms with van der Waals surface area (Å²) in [5.74, 6) is -0.387. The number of hydrogen-bond donors (Lipinski definition) is 1. The molecule has 0 amide bonds. The third kappa shape index (κ3) is 4.39. The van der Waals surface area contributed by atoms with Gasteiger partial charge in [-0.1, -0.05) is 18.2 Å². The molecule has 0 spiro atoms. The summed E-state index contributed by atoms with van der Waals surface area (Å²) in [5, 5.41) is 14.8. The Balaban J connectivity index is 2.07. The molecule has 0 aromatic heterocycles. The first-order chi connectivity index (χ1) is 11.5. The van der Waals surface area contributed by atoms with E-state index >= 15 is 0 Å². The molecule has 0 radical (unpaired) electrons. The lowest BCUT2D eigenvalue weighted by atomic mass is 10.0. The fourth-order valence-corrected chi connectivity index (χ4v) is 2.12. The van der Waals surface area contributed by atoms with E-state index in [1.54, 1.807) is 24.3 Å².